The lowest BCUT2D eigenvalue weighted by Crippen LogP contribution is -2.55. The lowest BCUT2D eigenvalue weighted by molar-refractivity contribution is -0.385. The molecule has 64 heavy (non-hydrogen) atoms. The molecule has 0 saturated heterocycles. The highest BCUT2D eigenvalue weighted by atomic mass is 16.6. The zero-order valence-electron chi connectivity index (χ0n) is 37.3. The van der Waals surface area contributed by atoms with Crippen molar-refractivity contribution in [1.82, 2.24) is 31.1 Å². The smallest absolute Gasteiger partial charge is 0.326 e. The molecule has 2 aromatic rings. The minimum atomic E-state index is -1.65. The van der Waals surface area contributed by atoms with Gasteiger partial charge in [0.2, 0.25) is 41.2 Å². The van der Waals surface area contributed by atoms with Gasteiger partial charge in [0.1, 0.15) is 36.0 Å². The summed E-state index contributed by atoms with van der Waals surface area (Å²) in [4.78, 5) is 105. The number of hydrogen-bond acceptors (Lipinski definition) is 12. The number of carboxylic acids is 1. The van der Waals surface area contributed by atoms with Gasteiger partial charge in [0, 0.05) is 44.1 Å². The number of phenolic OH excluding ortho intramolecular Hbond substituents is 2. The van der Waals surface area contributed by atoms with Crippen molar-refractivity contribution in [3.63, 3.8) is 0 Å². The van der Waals surface area contributed by atoms with E-state index in [2.05, 4.69) is 35.1 Å². The fourth-order valence-electron chi connectivity index (χ4n) is 7.30. The van der Waals surface area contributed by atoms with Crippen LogP contribution < -0.4 is 21.3 Å². The summed E-state index contributed by atoms with van der Waals surface area (Å²) in [7, 11) is 2.59. The molecular formula is C44H63N7O13. The van der Waals surface area contributed by atoms with E-state index in [1.54, 1.807) is 0 Å². The molecule has 5 atom stereocenters. The van der Waals surface area contributed by atoms with E-state index in [0.29, 0.717) is 12.3 Å². The van der Waals surface area contributed by atoms with Crippen molar-refractivity contribution in [3.8, 4) is 22.6 Å². The summed E-state index contributed by atoms with van der Waals surface area (Å²) in [5.41, 5.74) is -1.39. The minimum Gasteiger partial charge on any atom is -0.507 e. The summed E-state index contributed by atoms with van der Waals surface area (Å²) in [6.07, 6.45) is 9.28. The number of aliphatic hydroxyl groups is 1. The SMILES string of the molecule is CC(C)CCCCCCCCCCC(=O)N(C)C(CO)C(=O)NC(C)C(=O)NCC(=O)N(C)C1C(=O)NC(C)C(=O)NC(C(=O)O)Cc2cc(c(O)c([N+](=O)[O-])c2)-c2cc1ccc2O. The number of aromatic hydroxyl groups is 2. The first kappa shape index (κ1) is 52.0. The van der Waals surface area contributed by atoms with Crippen LogP contribution in [0.1, 0.15) is 109 Å². The van der Waals surface area contributed by atoms with Crippen LogP contribution in [0.25, 0.3) is 11.1 Å². The van der Waals surface area contributed by atoms with Gasteiger partial charge in [-0.3, -0.25) is 38.9 Å². The molecule has 0 aromatic heterocycles. The number of amides is 6. The molecule has 20 heteroatoms. The van der Waals surface area contributed by atoms with Crippen LogP contribution in [0.15, 0.2) is 30.3 Å². The van der Waals surface area contributed by atoms with E-state index in [4.69, 9.17) is 0 Å². The van der Waals surface area contributed by atoms with Crippen molar-refractivity contribution in [1.29, 1.82) is 0 Å². The number of hydrogen-bond donors (Lipinski definition) is 8. The van der Waals surface area contributed by atoms with E-state index in [9.17, 15) is 64.1 Å². The van der Waals surface area contributed by atoms with Crippen molar-refractivity contribution in [2.24, 2.45) is 5.92 Å². The Morgan fingerprint density at radius 1 is 0.859 bits per heavy atom. The normalized spacial score (nSPS) is 17.2. The number of nitrogens with one attached hydrogen (secondary N) is 4. The summed E-state index contributed by atoms with van der Waals surface area (Å²) in [6, 6.07) is -1.52. The fraction of sp³-hybridized carbons (Fsp3) is 0.568. The quantitative estimate of drug-likeness (QED) is 0.0509. The van der Waals surface area contributed by atoms with Crippen LogP contribution in [0.5, 0.6) is 11.5 Å². The van der Waals surface area contributed by atoms with Gasteiger partial charge in [-0.2, -0.15) is 0 Å². The Hall–Kier alpha value is -6.31. The molecule has 1 heterocycles. The zero-order chi connectivity index (χ0) is 47.8. The molecule has 1 aliphatic rings. The molecule has 4 bridgehead atoms. The standard InChI is InChI=1S/C44H63N7O13/c1-25(2)15-13-11-9-7-8-10-12-14-16-36(54)49(5)34(24-52)42(59)46-26(3)40(57)45-23-37(55)50(6)38-29-17-18-35(53)30(22-29)31-19-28(21-33(39(31)56)51(63)64)20-32(44(61)62)48-41(58)27(4)47-43(38)60/h17-19,21-22,25-27,32,34,38,52-53,56H,7-16,20,23-24H2,1-6H3,(H,45,57)(H,46,59)(H,47,60)(H,48,58)(H,61,62). The lowest BCUT2D eigenvalue weighted by atomic mass is 9.93. The number of carboxylic acid groups (broad SMARTS) is 1. The van der Waals surface area contributed by atoms with Crippen molar-refractivity contribution >= 4 is 47.1 Å². The largest absolute Gasteiger partial charge is 0.507 e. The van der Waals surface area contributed by atoms with E-state index >= 15 is 0 Å². The van der Waals surface area contributed by atoms with E-state index in [1.807, 2.05) is 0 Å². The maximum absolute atomic E-state index is 13.9. The number of nitro groups is 1. The van der Waals surface area contributed by atoms with Gasteiger partial charge in [-0.05, 0) is 55.5 Å². The van der Waals surface area contributed by atoms with Crippen molar-refractivity contribution in [3.05, 3.63) is 51.6 Å². The molecule has 6 amide bonds. The summed E-state index contributed by atoms with van der Waals surface area (Å²) in [5.74, 6) is -6.97. The number of unbranched alkanes of at least 4 members (excludes halogenated alkanes) is 7. The number of carbonyl (C=O) groups is 7. The third kappa shape index (κ3) is 14.6. The number of carbonyl (C=O) groups excluding carboxylic acids is 6. The molecule has 0 radical (unpaired) electrons. The van der Waals surface area contributed by atoms with E-state index < -0.39 is 107 Å². The highest BCUT2D eigenvalue weighted by molar-refractivity contribution is 5.96. The Labute approximate surface area is 372 Å². The van der Waals surface area contributed by atoms with Gasteiger partial charge in [-0.25, -0.2) is 4.79 Å². The second kappa shape index (κ2) is 24.5. The number of aliphatic hydroxyl groups excluding tert-OH is 1. The van der Waals surface area contributed by atoms with Gasteiger partial charge in [0.05, 0.1) is 18.1 Å². The van der Waals surface area contributed by atoms with Gasteiger partial charge in [0.25, 0.3) is 0 Å². The van der Waals surface area contributed by atoms with Crippen LogP contribution in [0.4, 0.5) is 5.69 Å². The summed E-state index contributed by atoms with van der Waals surface area (Å²) in [6.45, 7) is 5.58. The number of aliphatic carboxylic acids is 1. The number of benzene rings is 2. The lowest BCUT2D eigenvalue weighted by Gasteiger charge is -2.30. The third-order valence-corrected chi connectivity index (χ3v) is 11.2. The number of rotatable bonds is 21. The number of phenols is 2. The van der Waals surface area contributed by atoms with Crippen LogP contribution in [0, 0.1) is 16.0 Å². The Balaban J connectivity index is 1.72. The van der Waals surface area contributed by atoms with Gasteiger partial charge in [0.15, 0.2) is 0 Å². The van der Waals surface area contributed by atoms with Gasteiger partial charge in [-0.1, -0.05) is 71.3 Å². The highest BCUT2D eigenvalue weighted by Gasteiger charge is 2.35. The Morgan fingerprint density at radius 2 is 1.48 bits per heavy atom. The molecule has 8 N–H and O–H groups in total. The average molecular weight is 898 g/mol. The average Bonchev–Trinajstić information content (AvgIpc) is 3.23. The monoisotopic (exact) mass is 897 g/mol. The predicted molar refractivity (Wildman–Crippen MR) is 234 cm³/mol. The first-order valence-corrected chi connectivity index (χ1v) is 21.6. The molecule has 0 aliphatic carbocycles. The van der Waals surface area contributed by atoms with Crippen LogP contribution in [0.3, 0.4) is 0 Å². The fourth-order valence-corrected chi connectivity index (χ4v) is 7.30. The number of likely N-dealkylation sites (N-methyl/N-ethyl adjacent to an activating group) is 2. The van der Waals surface area contributed by atoms with Crippen molar-refractivity contribution in [2.75, 3.05) is 27.2 Å². The first-order chi connectivity index (χ1) is 30.2. The van der Waals surface area contributed by atoms with Crippen LogP contribution in [0.2, 0.25) is 0 Å². The maximum atomic E-state index is 13.9. The Bertz CT molecular complexity index is 2030. The van der Waals surface area contributed by atoms with Gasteiger partial charge >= 0.3 is 11.7 Å². The second-order valence-corrected chi connectivity index (χ2v) is 16.7. The molecule has 1 aliphatic heterocycles. The van der Waals surface area contributed by atoms with Crippen LogP contribution in [-0.2, 0) is 40.0 Å². The van der Waals surface area contributed by atoms with E-state index in [1.165, 1.54) is 71.8 Å². The molecule has 352 valence electrons. The van der Waals surface area contributed by atoms with Gasteiger partial charge in [-0.15, -0.1) is 0 Å². The van der Waals surface area contributed by atoms with Crippen molar-refractivity contribution < 1.29 is 58.9 Å². The summed E-state index contributed by atoms with van der Waals surface area (Å²) >= 11 is 0. The predicted octanol–water partition coefficient (Wildman–Crippen LogP) is 2.80. The highest BCUT2D eigenvalue weighted by Crippen LogP contribution is 2.43. The molecule has 0 saturated carbocycles. The van der Waals surface area contributed by atoms with Crippen LogP contribution in [-0.4, -0.2) is 128 Å². The summed E-state index contributed by atoms with van der Waals surface area (Å²) in [5, 5.41) is 63.2. The van der Waals surface area contributed by atoms with E-state index in [0.717, 1.165) is 47.6 Å². The van der Waals surface area contributed by atoms with Crippen LogP contribution >= 0.6 is 0 Å². The second-order valence-electron chi connectivity index (χ2n) is 16.7. The van der Waals surface area contributed by atoms with Crippen molar-refractivity contribution in [2.45, 2.75) is 129 Å². The Morgan fingerprint density at radius 3 is 2.08 bits per heavy atom. The molecule has 0 fully saturated rings. The minimum absolute atomic E-state index is 0.00227. The topological polar surface area (TPSA) is 298 Å². The molecule has 2 aromatic carbocycles. The zero-order valence-corrected chi connectivity index (χ0v) is 37.3. The Kier molecular flexibility index (Phi) is 19.9. The third-order valence-electron chi connectivity index (χ3n) is 11.2. The molecular weight excluding hydrogens is 835 g/mol. The molecule has 3 rings (SSSR count). The number of nitrogens with zero attached hydrogens (tertiary/aromatic N) is 3. The molecule has 5 unspecified atom stereocenters. The number of nitro benzene ring substituents is 1. The molecule has 0 spiro atoms. The van der Waals surface area contributed by atoms with E-state index in [-0.39, 0.29) is 34.6 Å². The molecule has 20 nitrogen and oxygen atoms in total. The van der Waals surface area contributed by atoms with Gasteiger partial charge < -0.3 is 51.5 Å². The maximum Gasteiger partial charge on any atom is 0.326 e. The summed E-state index contributed by atoms with van der Waals surface area (Å²) < 4.78 is 0. The first-order valence-electron chi connectivity index (χ1n) is 21.6. The number of fused-ring (bicyclic) bond motifs is 5.